The molecule has 0 spiro atoms. The molecule has 0 bridgehead atoms. The van der Waals surface area contributed by atoms with Gasteiger partial charge in [-0.15, -0.1) is 11.3 Å². The summed E-state index contributed by atoms with van der Waals surface area (Å²) in [7, 11) is 1.43. The summed E-state index contributed by atoms with van der Waals surface area (Å²) < 4.78 is 19.0. The van der Waals surface area contributed by atoms with Gasteiger partial charge in [-0.05, 0) is 46.6 Å². The molecule has 1 N–H and O–H groups in total. The van der Waals surface area contributed by atoms with Crippen LogP contribution in [0.25, 0.3) is 0 Å². The van der Waals surface area contributed by atoms with Crippen molar-refractivity contribution in [3.63, 3.8) is 0 Å². The number of amides is 1. The summed E-state index contributed by atoms with van der Waals surface area (Å²) in [4.78, 5) is 12.6. The zero-order valence-electron chi connectivity index (χ0n) is 10.3. The smallest absolute Gasteiger partial charge is 0.265 e. The summed E-state index contributed by atoms with van der Waals surface area (Å²) in [6.45, 7) is 1.91. The van der Waals surface area contributed by atoms with E-state index in [1.807, 2.05) is 6.92 Å². The van der Waals surface area contributed by atoms with Crippen LogP contribution < -0.4 is 10.1 Å². The van der Waals surface area contributed by atoms with E-state index < -0.39 is 5.82 Å². The van der Waals surface area contributed by atoms with Crippen molar-refractivity contribution < 1.29 is 13.9 Å². The van der Waals surface area contributed by atoms with Crippen LogP contribution in [0.2, 0.25) is 0 Å². The maximum atomic E-state index is 13.1. The van der Waals surface area contributed by atoms with Crippen molar-refractivity contribution in [2.75, 3.05) is 12.4 Å². The molecule has 0 atom stereocenters. The Bertz CT molecular complexity index is 608. The molecule has 2 rings (SSSR count). The van der Waals surface area contributed by atoms with Gasteiger partial charge in [0.05, 0.1) is 21.5 Å². The highest BCUT2D eigenvalue weighted by Crippen LogP contribution is 2.30. The van der Waals surface area contributed by atoms with Crippen molar-refractivity contribution in [2.45, 2.75) is 6.92 Å². The maximum absolute atomic E-state index is 13.1. The van der Waals surface area contributed by atoms with E-state index in [4.69, 9.17) is 4.74 Å². The zero-order valence-corrected chi connectivity index (χ0v) is 12.7. The van der Waals surface area contributed by atoms with E-state index in [2.05, 4.69) is 21.2 Å². The predicted molar refractivity (Wildman–Crippen MR) is 77.7 cm³/mol. The maximum Gasteiger partial charge on any atom is 0.265 e. The molecule has 1 amide bonds. The van der Waals surface area contributed by atoms with Gasteiger partial charge in [0, 0.05) is 6.07 Å². The van der Waals surface area contributed by atoms with Gasteiger partial charge in [-0.25, -0.2) is 4.39 Å². The Hall–Kier alpha value is -1.40. The Morgan fingerprint density at radius 1 is 1.42 bits per heavy atom. The number of carbonyl (C=O) groups excluding carboxylic acids is 1. The van der Waals surface area contributed by atoms with Gasteiger partial charge < -0.3 is 10.1 Å². The highest BCUT2D eigenvalue weighted by molar-refractivity contribution is 9.11. The van der Waals surface area contributed by atoms with Crippen LogP contribution >= 0.6 is 27.3 Å². The van der Waals surface area contributed by atoms with E-state index in [1.165, 1.54) is 36.6 Å². The average Bonchev–Trinajstić information content (AvgIpc) is 2.72. The molecule has 19 heavy (non-hydrogen) atoms. The second kappa shape index (κ2) is 5.71. The van der Waals surface area contributed by atoms with Crippen LogP contribution in [0.4, 0.5) is 10.1 Å². The molecule has 0 radical (unpaired) electrons. The fourth-order valence-corrected chi connectivity index (χ4v) is 2.95. The molecule has 0 unspecified atom stereocenters. The standard InChI is InChI=1S/C13H11BrFNO2S/c1-7-5-11(19-12(7)14)13(17)16-9-4-3-8(15)6-10(9)18-2/h3-6H,1-2H3,(H,16,17). The van der Waals surface area contributed by atoms with Gasteiger partial charge in [-0.2, -0.15) is 0 Å². The van der Waals surface area contributed by atoms with Crippen molar-refractivity contribution in [1.82, 2.24) is 0 Å². The monoisotopic (exact) mass is 343 g/mol. The SMILES string of the molecule is COc1cc(F)ccc1NC(=O)c1cc(C)c(Br)s1. The van der Waals surface area contributed by atoms with Crippen molar-refractivity contribution >= 4 is 38.9 Å². The molecule has 3 nitrogen and oxygen atoms in total. The Kier molecular flexibility index (Phi) is 4.21. The lowest BCUT2D eigenvalue weighted by atomic mass is 10.2. The fourth-order valence-electron chi connectivity index (χ4n) is 1.52. The van der Waals surface area contributed by atoms with E-state index >= 15 is 0 Å². The molecule has 0 aliphatic heterocycles. The lowest BCUT2D eigenvalue weighted by Crippen LogP contribution is -2.11. The summed E-state index contributed by atoms with van der Waals surface area (Å²) in [5.74, 6) is -0.367. The first-order valence-corrected chi connectivity index (χ1v) is 7.03. The fraction of sp³-hybridized carbons (Fsp3) is 0.154. The highest BCUT2D eigenvalue weighted by atomic mass is 79.9. The number of methoxy groups -OCH3 is 1. The highest BCUT2D eigenvalue weighted by Gasteiger charge is 2.13. The Balaban J connectivity index is 2.23. The average molecular weight is 344 g/mol. The van der Waals surface area contributed by atoms with E-state index in [1.54, 1.807) is 6.07 Å². The van der Waals surface area contributed by atoms with Gasteiger partial charge in [0.15, 0.2) is 0 Å². The van der Waals surface area contributed by atoms with Crippen molar-refractivity contribution in [3.8, 4) is 5.75 Å². The van der Waals surface area contributed by atoms with Gasteiger partial charge in [0.2, 0.25) is 0 Å². The predicted octanol–water partition coefficient (Wildman–Crippen LogP) is 4.22. The molecule has 6 heteroatoms. The van der Waals surface area contributed by atoms with Crippen LogP contribution in [0.15, 0.2) is 28.1 Å². The molecular formula is C13H11BrFNO2S. The van der Waals surface area contributed by atoms with Crippen molar-refractivity contribution in [1.29, 1.82) is 0 Å². The number of rotatable bonds is 3. The van der Waals surface area contributed by atoms with Crippen LogP contribution in [-0.4, -0.2) is 13.0 Å². The molecule has 1 aromatic heterocycles. The van der Waals surface area contributed by atoms with Crippen LogP contribution in [0.1, 0.15) is 15.2 Å². The van der Waals surface area contributed by atoms with Crippen molar-refractivity contribution in [3.05, 3.63) is 44.3 Å². The molecule has 0 fully saturated rings. The summed E-state index contributed by atoms with van der Waals surface area (Å²) in [6, 6.07) is 5.76. The van der Waals surface area contributed by atoms with E-state index in [-0.39, 0.29) is 5.91 Å². The molecule has 0 saturated carbocycles. The Labute approximate surface area is 122 Å². The molecule has 1 aromatic carbocycles. The van der Waals surface area contributed by atoms with Crippen LogP contribution in [0.3, 0.4) is 0 Å². The normalized spacial score (nSPS) is 10.3. The first-order valence-electron chi connectivity index (χ1n) is 5.42. The second-order valence-electron chi connectivity index (χ2n) is 3.87. The number of carbonyl (C=O) groups is 1. The first-order chi connectivity index (χ1) is 9.01. The minimum atomic E-state index is -0.412. The molecule has 0 aliphatic carbocycles. The molecule has 1 heterocycles. The van der Waals surface area contributed by atoms with Gasteiger partial charge in [0.25, 0.3) is 5.91 Å². The zero-order chi connectivity index (χ0) is 14.0. The topological polar surface area (TPSA) is 38.3 Å². The molecule has 100 valence electrons. The second-order valence-corrected chi connectivity index (χ2v) is 6.24. The summed E-state index contributed by atoms with van der Waals surface area (Å²) in [5.41, 5.74) is 1.44. The Morgan fingerprint density at radius 3 is 2.74 bits per heavy atom. The van der Waals surface area contributed by atoms with E-state index in [0.717, 1.165) is 9.35 Å². The number of hydrogen-bond acceptors (Lipinski definition) is 3. The van der Waals surface area contributed by atoms with E-state index in [0.29, 0.717) is 16.3 Å². The van der Waals surface area contributed by atoms with Gasteiger partial charge in [-0.1, -0.05) is 0 Å². The summed E-state index contributed by atoms with van der Waals surface area (Å²) in [6.07, 6.45) is 0. The molecule has 0 aliphatic rings. The minimum absolute atomic E-state index is 0.247. The number of ether oxygens (including phenoxy) is 1. The van der Waals surface area contributed by atoms with Gasteiger partial charge in [-0.3, -0.25) is 4.79 Å². The largest absolute Gasteiger partial charge is 0.494 e. The van der Waals surface area contributed by atoms with Gasteiger partial charge in [0.1, 0.15) is 11.6 Å². The van der Waals surface area contributed by atoms with Crippen LogP contribution in [0, 0.1) is 12.7 Å². The number of thiophene rings is 1. The third-order valence-electron chi connectivity index (χ3n) is 2.49. The Morgan fingerprint density at radius 2 is 2.16 bits per heavy atom. The molecular weight excluding hydrogens is 333 g/mol. The minimum Gasteiger partial charge on any atom is -0.494 e. The quantitative estimate of drug-likeness (QED) is 0.905. The lowest BCUT2D eigenvalue weighted by Gasteiger charge is -2.09. The summed E-state index contributed by atoms with van der Waals surface area (Å²) >= 11 is 4.72. The third kappa shape index (κ3) is 3.13. The van der Waals surface area contributed by atoms with Crippen LogP contribution in [-0.2, 0) is 0 Å². The van der Waals surface area contributed by atoms with Crippen LogP contribution in [0.5, 0.6) is 5.75 Å². The number of halogens is 2. The summed E-state index contributed by atoms with van der Waals surface area (Å²) in [5, 5.41) is 2.70. The van der Waals surface area contributed by atoms with Gasteiger partial charge >= 0.3 is 0 Å². The number of aryl methyl sites for hydroxylation is 1. The third-order valence-corrected chi connectivity index (χ3v) is 4.63. The molecule has 2 aromatic rings. The number of nitrogens with one attached hydrogen (secondary N) is 1. The lowest BCUT2D eigenvalue weighted by molar-refractivity contribution is 0.103. The number of benzene rings is 1. The number of anilines is 1. The first kappa shape index (κ1) is 14.0. The number of hydrogen-bond donors (Lipinski definition) is 1. The van der Waals surface area contributed by atoms with E-state index in [9.17, 15) is 9.18 Å². The molecule has 0 saturated heterocycles. The van der Waals surface area contributed by atoms with Crippen molar-refractivity contribution in [2.24, 2.45) is 0 Å².